The smallest absolute Gasteiger partial charge is 0.330 e. The number of amides is 6. The molecule has 206 valence electrons. The molecule has 0 aromatic rings. The molecule has 1 saturated heterocycles. The highest BCUT2D eigenvalue weighted by molar-refractivity contribution is 7.56. The van der Waals surface area contributed by atoms with E-state index in [9.17, 15) is 38.1 Å². The van der Waals surface area contributed by atoms with Crippen LogP contribution in [0.3, 0.4) is 0 Å². The van der Waals surface area contributed by atoms with Crippen LogP contribution in [0.25, 0.3) is 0 Å². The van der Waals surface area contributed by atoms with E-state index < -0.39 is 49.0 Å². The summed E-state index contributed by atoms with van der Waals surface area (Å²) in [6.45, 7) is -0.208. The molecule has 6 amide bonds. The number of carbonyl (C=O) groups is 7. The summed E-state index contributed by atoms with van der Waals surface area (Å²) in [7, 11) is 0.812. The van der Waals surface area contributed by atoms with E-state index in [0.717, 1.165) is 34.1 Å². The lowest BCUT2D eigenvalue weighted by Crippen LogP contribution is -2.44. The number of hydrogen-bond donors (Lipinski definition) is 0. The Morgan fingerprint density at radius 2 is 1.11 bits per heavy atom. The Hall–Kier alpha value is -3.52. The SMILES string of the molecule is CN(CCC(=O)ON1C(=O)CCC1=O)P(=O)(N(C)CCN1C(=O)C=CC1=O)N(C)CCN1C(=O)C=CC1=O. The average Bonchev–Trinajstić information content (AvgIpc) is 3.50. The van der Waals surface area contributed by atoms with Gasteiger partial charge in [-0.05, 0) is 21.1 Å². The van der Waals surface area contributed by atoms with Gasteiger partial charge in [-0.15, -0.1) is 5.06 Å². The van der Waals surface area contributed by atoms with Crippen LogP contribution in [0, 0.1) is 0 Å². The van der Waals surface area contributed by atoms with Crippen LogP contribution in [0.2, 0.25) is 0 Å². The third kappa shape index (κ3) is 6.13. The van der Waals surface area contributed by atoms with Crippen molar-refractivity contribution in [1.29, 1.82) is 0 Å². The summed E-state index contributed by atoms with van der Waals surface area (Å²) >= 11 is 0. The molecule has 0 aliphatic carbocycles. The van der Waals surface area contributed by atoms with Gasteiger partial charge in [-0.25, -0.2) is 18.8 Å². The maximum atomic E-state index is 14.4. The van der Waals surface area contributed by atoms with E-state index in [1.807, 2.05) is 0 Å². The highest BCUT2D eigenvalue weighted by Gasteiger charge is 2.39. The van der Waals surface area contributed by atoms with Crippen molar-refractivity contribution in [3.05, 3.63) is 24.3 Å². The first kappa shape index (κ1) is 29.0. The van der Waals surface area contributed by atoms with E-state index in [0.29, 0.717) is 5.06 Å². The van der Waals surface area contributed by atoms with Gasteiger partial charge >= 0.3 is 5.97 Å². The lowest BCUT2D eigenvalue weighted by atomic mass is 10.4. The molecule has 0 unspecified atom stereocenters. The molecule has 0 aromatic carbocycles. The summed E-state index contributed by atoms with van der Waals surface area (Å²) in [6, 6.07) is 0. The number of hydroxylamine groups is 2. The first-order chi connectivity index (χ1) is 17.9. The molecule has 0 radical (unpaired) electrons. The summed E-state index contributed by atoms with van der Waals surface area (Å²) in [5, 5.41) is 0.427. The molecule has 16 heteroatoms. The van der Waals surface area contributed by atoms with Crippen molar-refractivity contribution >= 4 is 49.0 Å². The van der Waals surface area contributed by atoms with Crippen LogP contribution in [0.1, 0.15) is 19.3 Å². The summed E-state index contributed by atoms with van der Waals surface area (Å²) in [6.07, 6.45) is 4.13. The first-order valence-corrected chi connectivity index (χ1v) is 13.3. The van der Waals surface area contributed by atoms with Gasteiger partial charge in [0.1, 0.15) is 0 Å². The highest BCUT2D eigenvalue weighted by atomic mass is 31.2. The molecule has 0 spiro atoms. The molecule has 1 fully saturated rings. The maximum absolute atomic E-state index is 14.4. The summed E-state index contributed by atoms with van der Waals surface area (Å²) < 4.78 is 18.6. The van der Waals surface area contributed by atoms with Crippen molar-refractivity contribution in [3.8, 4) is 0 Å². The van der Waals surface area contributed by atoms with Crippen LogP contribution in [0.5, 0.6) is 0 Å². The maximum Gasteiger partial charge on any atom is 0.334 e. The minimum Gasteiger partial charge on any atom is -0.330 e. The fourth-order valence-corrected chi connectivity index (χ4v) is 6.65. The molecule has 0 bridgehead atoms. The van der Waals surface area contributed by atoms with Gasteiger partial charge in [0, 0.05) is 69.9 Å². The van der Waals surface area contributed by atoms with Crippen LogP contribution < -0.4 is 0 Å². The normalized spacial score (nSPS) is 18.1. The quantitative estimate of drug-likeness (QED) is 0.197. The van der Waals surface area contributed by atoms with Crippen LogP contribution in [0.15, 0.2) is 24.3 Å². The minimum atomic E-state index is -3.70. The zero-order valence-corrected chi connectivity index (χ0v) is 22.2. The predicted molar refractivity (Wildman–Crippen MR) is 129 cm³/mol. The standard InChI is InChI=1S/C22H29N6O9P/c1-23(11-10-22(35)37-28-20(33)8-9-21(28)34)38(36,24(2)12-14-26-16(29)4-5-17(26)30)25(3)13-15-27-18(31)6-7-19(27)32/h4-7H,8-15H2,1-3H3. The van der Waals surface area contributed by atoms with Gasteiger partial charge in [-0.1, -0.05) is 0 Å². The fourth-order valence-electron chi connectivity index (χ4n) is 4.02. The fraction of sp³-hybridized carbons (Fsp3) is 0.500. The Morgan fingerprint density at radius 3 is 1.50 bits per heavy atom. The van der Waals surface area contributed by atoms with Crippen molar-refractivity contribution in [1.82, 2.24) is 28.9 Å². The van der Waals surface area contributed by atoms with Gasteiger partial charge < -0.3 is 4.84 Å². The monoisotopic (exact) mass is 552 g/mol. The molecule has 0 aromatic heterocycles. The highest BCUT2D eigenvalue weighted by Crippen LogP contribution is 2.53. The third-order valence-corrected chi connectivity index (χ3v) is 9.54. The van der Waals surface area contributed by atoms with Crippen molar-refractivity contribution in [2.45, 2.75) is 19.3 Å². The van der Waals surface area contributed by atoms with E-state index in [-0.39, 0.29) is 52.0 Å². The topological polar surface area (TPSA) is 165 Å². The van der Waals surface area contributed by atoms with Crippen molar-refractivity contribution in [3.63, 3.8) is 0 Å². The third-order valence-electron chi connectivity index (χ3n) is 6.27. The van der Waals surface area contributed by atoms with E-state index in [1.54, 1.807) is 0 Å². The summed E-state index contributed by atoms with van der Waals surface area (Å²) in [5.74, 6) is -4.10. The second-order valence-electron chi connectivity index (χ2n) is 8.78. The molecule has 15 nitrogen and oxygen atoms in total. The molecule has 3 aliphatic heterocycles. The van der Waals surface area contributed by atoms with Crippen molar-refractivity contribution < 1.29 is 43.0 Å². The second-order valence-corrected chi connectivity index (χ2v) is 11.9. The van der Waals surface area contributed by atoms with E-state index in [4.69, 9.17) is 4.84 Å². The zero-order chi connectivity index (χ0) is 28.2. The summed E-state index contributed by atoms with van der Waals surface area (Å²) in [5.41, 5.74) is 0. The predicted octanol–water partition coefficient (Wildman–Crippen LogP) is -1.26. The molecule has 3 heterocycles. The number of nitrogens with zero attached hydrogens (tertiary/aromatic N) is 6. The van der Waals surface area contributed by atoms with Gasteiger partial charge in [0.15, 0.2) is 0 Å². The molecule has 0 atom stereocenters. The number of likely N-dealkylation sites (N-methyl/N-ethyl adjacent to an activating group) is 2. The molecule has 38 heavy (non-hydrogen) atoms. The van der Waals surface area contributed by atoms with E-state index >= 15 is 0 Å². The van der Waals surface area contributed by atoms with E-state index in [1.165, 1.54) is 35.2 Å². The van der Waals surface area contributed by atoms with E-state index in [2.05, 4.69) is 0 Å². The molecule has 0 saturated carbocycles. The molecule has 3 aliphatic rings. The van der Waals surface area contributed by atoms with Crippen LogP contribution >= 0.6 is 7.59 Å². The average molecular weight is 552 g/mol. The Balaban J connectivity index is 1.68. The van der Waals surface area contributed by atoms with Gasteiger partial charge in [0.2, 0.25) is 0 Å². The number of carbonyl (C=O) groups excluding carboxylic acids is 7. The Kier molecular flexibility index (Phi) is 9.09. The Bertz CT molecular complexity index is 1060. The molecular weight excluding hydrogens is 523 g/mol. The second kappa shape index (κ2) is 11.9. The molecule has 0 N–H and O–H groups in total. The van der Waals surface area contributed by atoms with Crippen molar-refractivity contribution in [2.75, 3.05) is 53.9 Å². The Morgan fingerprint density at radius 1 is 0.737 bits per heavy atom. The number of imide groups is 3. The first-order valence-electron chi connectivity index (χ1n) is 11.7. The van der Waals surface area contributed by atoms with Crippen LogP contribution in [0.4, 0.5) is 0 Å². The summed E-state index contributed by atoms with van der Waals surface area (Å²) in [4.78, 5) is 90.3. The zero-order valence-electron chi connectivity index (χ0n) is 21.3. The lowest BCUT2D eigenvalue weighted by Gasteiger charge is -2.41. The van der Waals surface area contributed by atoms with Gasteiger partial charge in [0.05, 0.1) is 6.42 Å². The number of hydrogen-bond acceptors (Lipinski definition) is 9. The molecule has 3 rings (SSSR count). The van der Waals surface area contributed by atoms with Crippen molar-refractivity contribution in [2.24, 2.45) is 0 Å². The largest absolute Gasteiger partial charge is 0.334 e. The molecular formula is C22H29N6O9P. The number of rotatable bonds is 13. The van der Waals surface area contributed by atoms with Gasteiger partial charge in [-0.2, -0.15) is 0 Å². The van der Waals surface area contributed by atoms with Gasteiger partial charge in [-0.3, -0.25) is 43.1 Å². The van der Waals surface area contributed by atoms with Crippen LogP contribution in [-0.4, -0.2) is 124 Å². The van der Waals surface area contributed by atoms with Gasteiger partial charge in [0.25, 0.3) is 43.0 Å². The van der Waals surface area contributed by atoms with Crippen LogP contribution in [-0.2, 0) is 43.0 Å². The lowest BCUT2D eigenvalue weighted by molar-refractivity contribution is -0.197. The minimum absolute atomic E-state index is 0.00940. The Labute approximate surface area is 218 Å².